The largest absolute Gasteiger partial charge is 0.466 e. The molecular formula is C55H105NO5. The normalized spacial score (nSPS) is 12.8. The fourth-order valence-corrected chi connectivity index (χ4v) is 8.27. The molecule has 0 saturated carbocycles. The third-order valence-corrected chi connectivity index (χ3v) is 12.5. The van der Waals surface area contributed by atoms with Crippen LogP contribution in [0.5, 0.6) is 0 Å². The van der Waals surface area contributed by atoms with E-state index in [1.165, 1.54) is 212 Å². The molecule has 61 heavy (non-hydrogen) atoms. The van der Waals surface area contributed by atoms with Gasteiger partial charge >= 0.3 is 5.97 Å². The predicted octanol–water partition coefficient (Wildman–Crippen LogP) is 16.3. The minimum absolute atomic E-state index is 0.00974. The third kappa shape index (κ3) is 47.7. The summed E-state index contributed by atoms with van der Waals surface area (Å²) in [6, 6.07) is -0.634. The Morgan fingerprint density at radius 2 is 0.770 bits per heavy atom. The summed E-state index contributed by atoms with van der Waals surface area (Å²) in [5.41, 5.74) is 0. The molecule has 6 heteroatoms. The monoisotopic (exact) mass is 860 g/mol. The van der Waals surface area contributed by atoms with E-state index in [1.54, 1.807) is 6.08 Å². The molecule has 0 spiro atoms. The van der Waals surface area contributed by atoms with Gasteiger partial charge in [0.15, 0.2) is 0 Å². The van der Waals surface area contributed by atoms with Crippen molar-refractivity contribution in [1.82, 2.24) is 5.32 Å². The smallest absolute Gasteiger partial charge is 0.305 e. The van der Waals surface area contributed by atoms with Crippen LogP contribution < -0.4 is 5.32 Å². The van der Waals surface area contributed by atoms with Crippen molar-refractivity contribution in [2.75, 3.05) is 13.2 Å². The van der Waals surface area contributed by atoms with Crippen molar-refractivity contribution in [3.63, 3.8) is 0 Å². The van der Waals surface area contributed by atoms with Gasteiger partial charge in [-0.15, -0.1) is 0 Å². The molecule has 2 unspecified atom stereocenters. The van der Waals surface area contributed by atoms with E-state index < -0.39 is 12.1 Å². The number of amides is 1. The predicted molar refractivity (Wildman–Crippen MR) is 264 cm³/mol. The second-order valence-corrected chi connectivity index (χ2v) is 18.6. The summed E-state index contributed by atoms with van der Waals surface area (Å²) in [5.74, 6) is -0.0855. The number of aliphatic hydroxyl groups is 2. The lowest BCUT2D eigenvalue weighted by molar-refractivity contribution is -0.143. The Morgan fingerprint density at radius 1 is 0.443 bits per heavy atom. The number of rotatable bonds is 50. The lowest BCUT2D eigenvalue weighted by Gasteiger charge is -2.20. The van der Waals surface area contributed by atoms with E-state index in [0.717, 1.165) is 51.4 Å². The number of unbranched alkanes of at least 4 members (excludes halogenated alkanes) is 37. The molecule has 0 heterocycles. The molecule has 0 rings (SSSR count). The topological polar surface area (TPSA) is 95.9 Å². The first-order valence-electron chi connectivity index (χ1n) is 27.1. The Morgan fingerprint density at radius 3 is 1.18 bits per heavy atom. The number of hydrogen-bond acceptors (Lipinski definition) is 5. The zero-order valence-corrected chi connectivity index (χ0v) is 40.9. The maximum absolute atomic E-state index is 12.4. The van der Waals surface area contributed by atoms with E-state index in [4.69, 9.17) is 4.74 Å². The highest BCUT2D eigenvalue weighted by Gasteiger charge is 2.18. The highest BCUT2D eigenvalue weighted by molar-refractivity contribution is 5.76. The van der Waals surface area contributed by atoms with Crippen LogP contribution in [0.3, 0.4) is 0 Å². The second kappa shape index (κ2) is 51.0. The molecular weight excluding hydrogens is 755 g/mol. The van der Waals surface area contributed by atoms with Crippen molar-refractivity contribution in [3.8, 4) is 0 Å². The van der Waals surface area contributed by atoms with Crippen molar-refractivity contribution in [1.29, 1.82) is 0 Å². The number of nitrogens with one attached hydrogen (secondary N) is 1. The molecule has 0 aliphatic rings. The van der Waals surface area contributed by atoms with Gasteiger partial charge in [0.1, 0.15) is 0 Å². The highest BCUT2D eigenvalue weighted by atomic mass is 16.5. The van der Waals surface area contributed by atoms with Crippen LogP contribution in [0.15, 0.2) is 24.3 Å². The van der Waals surface area contributed by atoms with Crippen molar-refractivity contribution < 1.29 is 24.5 Å². The van der Waals surface area contributed by atoms with Gasteiger partial charge in [-0.1, -0.05) is 244 Å². The first kappa shape index (κ1) is 59.3. The summed E-state index contributed by atoms with van der Waals surface area (Å²) in [6.07, 6.45) is 60.3. The number of hydrogen-bond donors (Lipinski definition) is 3. The van der Waals surface area contributed by atoms with Gasteiger partial charge in [0.05, 0.1) is 25.4 Å². The average molecular weight is 860 g/mol. The molecule has 0 aromatic heterocycles. The van der Waals surface area contributed by atoms with Crippen LogP contribution in [-0.2, 0) is 14.3 Å². The molecule has 0 fully saturated rings. The lowest BCUT2D eigenvalue weighted by atomic mass is 10.0. The zero-order chi connectivity index (χ0) is 44.4. The van der Waals surface area contributed by atoms with E-state index in [2.05, 4.69) is 31.3 Å². The number of ether oxygens (including phenoxy) is 1. The summed E-state index contributed by atoms with van der Waals surface area (Å²) in [7, 11) is 0. The van der Waals surface area contributed by atoms with E-state index in [1.807, 2.05) is 6.08 Å². The van der Waals surface area contributed by atoms with Gasteiger partial charge < -0.3 is 20.3 Å². The molecule has 0 bridgehead atoms. The quantitative estimate of drug-likeness (QED) is 0.0322. The van der Waals surface area contributed by atoms with Crippen molar-refractivity contribution in [2.45, 2.75) is 302 Å². The van der Waals surface area contributed by atoms with Crippen LogP contribution in [0.1, 0.15) is 290 Å². The Balaban J connectivity index is 3.47. The molecule has 3 N–H and O–H groups in total. The van der Waals surface area contributed by atoms with E-state index in [9.17, 15) is 19.8 Å². The Labute approximate surface area is 380 Å². The van der Waals surface area contributed by atoms with Crippen molar-refractivity contribution in [2.24, 2.45) is 0 Å². The Hall–Kier alpha value is -1.66. The van der Waals surface area contributed by atoms with Gasteiger partial charge in [0.2, 0.25) is 5.91 Å². The lowest BCUT2D eigenvalue weighted by Crippen LogP contribution is -2.45. The summed E-state index contributed by atoms with van der Waals surface area (Å²) < 4.78 is 5.46. The van der Waals surface area contributed by atoms with Gasteiger partial charge in [-0.3, -0.25) is 9.59 Å². The standard InChI is InChI=1S/C55H105NO5/c1-3-5-7-9-11-13-15-17-18-20-24-27-31-35-39-43-47-53(58)52(51-57)56-54(59)48-44-40-36-32-28-25-21-19-22-26-30-34-38-42-46-50-61-55(60)49-45-41-37-33-29-23-16-14-12-10-8-6-4-2/h14,16,43,47,52-53,57-58H,3-13,15,17-42,44-46,48-51H2,1-2H3,(H,56,59)/b16-14-,47-43+. The van der Waals surface area contributed by atoms with Crippen LogP contribution in [0.25, 0.3) is 0 Å². The third-order valence-electron chi connectivity index (χ3n) is 12.5. The minimum Gasteiger partial charge on any atom is -0.466 e. The fourth-order valence-electron chi connectivity index (χ4n) is 8.27. The SMILES string of the molecule is CCCCCC/C=C\CCCCCCCC(=O)OCCCCCCCCCCCCCCCCCC(=O)NC(CO)C(O)/C=C/CCCCCCCCCCCCCCCC. The molecule has 2 atom stereocenters. The number of aliphatic hydroxyl groups excluding tert-OH is 2. The van der Waals surface area contributed by atoms with Gasteiger partial charge in [0.25, 0.3) is 0 Å². The van der Waals surface area contributed by atoms with E-state index in [-0.39, 0.29) is 18.5 Å². The van der Waals surface area contributed by atoms with Gasteiger partial charge in [-0.2, -0.15) is 0 Å². The molecule has 360 valence electrons. The Bertz CT molecular complexity index is 951. The summed E-state index contributed by atoms with van der Waals surface area (Å²) in [5, 5.41) is 23.1. The maximum Gasteiger partial charge on any atom is 0.305 e. The van der Waals surface area contributed by atoms with Gasteiger partial charge in [-0.05, 0) is 57.8 Å². The molecule has 0 aliphatic carbocycles. The number of carbonyl (C=O) groups excluding carboxylic acids is 2. The zero-order valence-electron chi connectivity index (χ0n) is 40.9. The van der Waals surface area contributed by atoms with Crippen LogP contribution >= 0.6 is 0 Å². The molecule has 0 saturated heterocycles. The molecule has 0 radical (unpaired) electrons. The van der Waals surface area contributed by atoms with Crippen LogP contribution in [0.4, 0.5) is 0 Å². The van der Waals surface area contributed by atoms with Gasteiger partial charge in [-0.25, -0.2) is 0 Å². The molecule has 0 aromatic carbocycles. The van der Waals surface area contributed by atoms with E-state index in [0.29, 0.717) is 19.4 Å². The van der Waals surface area contributed by atoms with E-state index >= 15 is 0 Å². The maximum atomic E-state index is 12.4. The first-order valence-corrected chi connectivity index (χ1v) is 27.1. The first-order chi connectivity index (χ1) is 30.0. The molecule has 0 aromatic rings. The summed E-state index contributed by atoms with van der Waals surface area (Å²) in [4.78, 5) is 24.5. The second-order valence-electron chi connectivity index (χ2n) is 18.6. The molecule has 1 amide bonds. The molecule has 6 nitrogen and oxygen atoms in total. The van der Waals surface area contributed by atoms with Crippen LogP contribution in [0.2, 0.25) is 0 Å². The number of allylic oxidation sites excluding steroid dienone is 3. The average Bonchev–Trinajstić information content (AvgIpc) is 3.26. The van der Waals surface area contributed by atoms with Crippen molar-refractivity contribution in [3.05, 3.63) is 24.3 Å². The number of esters is 1. The number of carbonyl (C=O) groups is 2. The minimum atomic E-state index is -0.850. The Kier molecular flexibility index (Phi) is 49.6. The fraction of sp³-hybridized carbons (Fsp3) is 0.891. The van der Waals surface area contributed by atoms with Gasteiger partial charge in [0, 0.05) is 12.8 Å². The summed E-state index contributed by atoms with van der Waals surface area (Å²) in [6.45, 7) is 4.87. The van der Waals surface area contributed by atoms with Crippen LogP contribution in [-0.4, -0.2) is 47.4 Å². The highest BCUT2D eigenvalue weighted by Crippen LogP contribution is 2.16. The summed E-state index contributed by atoms with van der Waals surface area (Å²) >= 11 is 0. The van der Waals surface area contributed by atoms with Crippen LogP contribution in [0, 0.1) is 0 Å². The van der Waals surface area contributed by atoms with Crippen molar-refractivity contribution >= 4 is 11.9 Å². The molecule has 0 aliphatic heterocycles.